The summed E-state index contributed by atoms with van der Waals surface area (Å²) in [7, 11) is 0. The van der Waals surface area contributed by atoms with Crippen LogP contribution >= 0.6 is 11.6 Å². The van der Waals surface area contributed by atoms with Crippen molar-refractivity contribution in [1.82, 2.24) is 5.32 Å². The van der Waals surface area contributed by atoms with E-state index >= 15 is 0 Å². The van der Waals surface area contributed by atoms with Crippen molar-refractivity contribution in [2.75, 3.05) is 0 Å². The largest absolute Gasteiger partial charge is 0.452 e. The molecule has 3 nitrogen and oxygen atoms in total. The molecule has 2 rings (SSSR count). The zero-order chi connectivity index (χ0) is 10.8. The fourth-order valence-electron chi connectivity index (χ4n) is 2.06. The molecule has 0 aliphatic heterocycles. The number of halogens is 1. The van der Waals surface area contributed by atoms with Crippen LogP contribution in [0.4, 0.5) is 0 Å². The highest BCUT2D eigenvalue weighted by Crippen LogP contribution is 2.25. The normalized spacial score (nSPS) is 25.5. The summed E-state index contributed by atoms with van der Waals surface area (Å²) in [4.78, 5) is 11.8. The second-order valence-corrected chi connectivity index (χ2v) is 4.44. The fourth-order valence-corrected chi connectivity index (χ4v) is 2.26. The summed E-state index contributed by atoms with van der Waals surface area (Å²) >= 11 is 5.73. The summed E-state index contributed by atoms with van der Waals surface area (Å²) in [6.45, 7) is 2.16. The number of carbonyl (C=O) groups excluding carboxylic acids is 1. The number of carbonyl (C=O) groups is 1. The van der Waals surface area contributed by atoms with Crippen molar-refractivity contribution in [3.8, 4) is 0 Å². The molecule has 0 spiro atoms. The lowest BCUT2D eigenvalue weighted by atomic mass is 10.1. The number of amides is 1. The van der Waals surface area contributed by atoms with Crippen LogP contribution in [0.2, 0.25) is 5.22 Å². The molecule has 1 amide bonds. The summed E-state index contributed by atoms with van der Waals surface area (Å²) in [6.07, 6.45) is 4.85. The van der Waals surface area contributed by atoms with Gasteiger partial charge in [-0.2, -0.15) is 0 Å². The molecule has 1 N–H and O–H groups in total. The number of hydrogen-bond donors (Lipinski definition) is 1. The number of rotatable bonds is 2. The van der Waals surface area contributed by atoms with Gasteiger partial charge >= 0.3 is 0 Å². The monoisotopic (exact) mass is 227 g/mol. The van der Waals surface area contributed by atoms with Gasteiger partial charge in [0.1, 0.15) is 0 Å². The van der Waals surface area contributed by atoms with Crippen molar-refractivity contribution in [1.29, 1.82) is 0 Å². The Balaban J connectivity index is 2.01. The Hall–Kier alpha value is -0.960. The Morgan fingerprint density at radius 2 is 2.40 bits per heavy atom. The third kappa shape index (κ3) is 2.17. The molecule has 0 bridgehead atoms. The zero-order valence-corrected chi connectivity index (χ0v) is 9.38. The molecule has 1 aromatic heterocycles. The van der Waals surface area contributed by atoms with Crippen LogP contribution in [-0.4, -0.2) is 11.9 Å². The van der Waals surface area contributed by atoms with Crippen molar-refractivity contribution < 1.29 is 9.21 Å². The first-order valence-electron chi connectivity index (χ1n) is 5.22. The first-order valence-corrected chi connectivity index (χ1v) is 5.60. The lowest BCUT2D eigenvalue weighted by Gasteiger charge is -2.16. The van der Waals surface area contributed by atoms with Gasteiger partial charge in [0.15, 0.2) is 0 Å². The van der Waals surface area contributed by atoms with Crippen molar-refractivity contribution in [3.05, 3.63) is 23.1 Å². The first-order chi connectivity index (χ1) is 7.18. The van der Waals surface area contributed by atoms with Gasteiger partial charge in [0.25, 0.3) is 5.91 Å². The highest BCUT2D eigenvalue weighted by molar-refractivity contribution is 6.32. The summed E-state index contributed by atoms with van der Waals surface area (Å²) in [5, 5.41) is 3.15. The molecule has 1 aliphatic carbocycles. The van der Waals surface area contributed by atoms with Gasteiger partial charge in [-0.25, -0.2) is 0 Å². The topological polar surface area (TPSA) is 42.2 Å². The van der Waals surface area contributed by atoms with Crippen molar-refractivity contribution in [2.24, 2.45) is 5.92 Å². The highest BCUT2D eigenvalue weighted by Gasteiger charge is 2.26. The molecule has 1 aromatic rings. The van der Waals surface area contributed by atoms with Gasteiger partial charge in [0.2, 0.25) is 5.22 Å². The molecule has 0 radical (unpaired) electrons. The van der Waals surface area contributed by atoms with Crippen LogP contribution in [0.5, 0.6) is 0 Å². The molecule has 4 heteroatoms. The molecule has 2 atom stereocenters. The lowest BCUT2D eigenvalue weighted by molar-refractivity contribution is 0.0929. The molecule has 0 saturated heterocycles. The molecule has 1 fully saturated rings. The second-order valence-electron chi connectivity index (χ2n) is 4.10. The minimum Gasteiger partial charge on any atom is -0.452 e. The minimum absolute atomic E-state index is 0.132. The van der Waals surface area contributed by atoms with Crippen molar-refractivity contribution in [2.45, 2.75) is 32.2 Å². The first kappa shape index (κ1) is 10.6. The van der Waals surface area contributed by atoms with Gasteiger partial charge in [-0.15, -0.1) is 0 Å². The van der Waals surface area contributed by atoms with E-state index in [-0.39, 0.29) is 17.2 Å². The van der Waals surface area contributed by atoms with E-state index in [2.05, 4.69) is 12.2 Å². The Morgan fingerprint density at radius 3 is 2.93 bits per heavy atom. The van der Waals surface area contributed by atoms with E-state index in [0.29, 0.717) is 11.5 Å². The van der Waals surface area contributed by atoms with Crippen molar-refractivity contribution in [3.63, 3.8) is 0 Å². The maximum Gasteiger partial charge on any atom is 0.256 e. The Labute approximate surface area is 93.8 Å². The van der Waals surface area contributed by atoms with E-state index in [1.54, 1.807) is 6.07 Å². The predicted octanol–water partition coefficient (Wildman–Crippen LogP) is 2.85. The summed E-state index contributed by atoms with van der Waals surface area (Å²) in [5.41, 5.74) is 0.427. The average Bonchev–Trinajstić information content (AvgIpc) is 2.76. The fraction of sp³-hybridized carbons (Fsp3) is 0.545. The van der Waals surface area contributed by atoms with Crippen LogP contribution < -0.4 is 5.32 Å². The predicted molar refractivity (Wildman–Crippen MR) is 58.0 cm³/mol. The van der Waals surface area contributed by atoms with E-state index in [0.717, 1.165) is 6.42 Å². The van der Waals surface area contributed by atoms with Gasteiger partial charge in [-0.1, -0.05) is 13.3 Å². The van der Waals surface area contributed by atoms with E-state index in [1.165, 1.54) is 19.1 Å². The second kappa shape index (κ2) is 4.27. The number of furan rings is 1. The van der Waals surface area contributed by atoms with Gasteiger partial charge in [0, 0.05) is 6.04 Å². The van der Waals surface area contributed by atoms with E-state index in [9.17, 15) is 4.79 Å². The third-order valence-electron chi connectivity index (χ3n) is 3.04. The summed E-state index contributed by atoms with van der Waals surface area (Å²) in [6, 6.07) is 1.88. The maximum absolute atomic E-state index is 11.8. The summed E-state index contributed by atoms with van der Waals surface area (Å²) < 4.78 is 4.88. The van der Waals surface area contributed by atoms with Gasteiger partial charge < -0.3 is 9.73 Å². The Bertz CT molecular complexity index is 361. The lowest BCUT2D eigenvalue weighted by Crippen LogP contribution is -2.36. The maximum atomic E-state index is 11.8. The molecule has 1 aliphatic rings. The van der Waals surface area contributed by atoms with Crippen LogP contribution in [0.3, 0.4) is 0 Å². The minimum atomic E-state index is -0.132. The molecule has 1 saturated carbocycles. The Morgan fingerprint density at radius 1 is 1.60 bits per heavy atom. The van der Waals surface area contributed by atoms with Gasteiger partial charge in [-0.05, 0) is 36.4 Å². The van der Waals surface area contributed by atoms with Crippen LogP contribution in [0, 0.1) is 5.92 Å². The number of hydrogen-bond acceptors (Lipinski definition) is 2. The van der Waals surface area contributed by atoms with Crippen LogP contribution in [0.15, 0.2) is 16.7 Å². The zero-order valence-electron chi connectivity index (χ0n) is 8.63. The quantitative estimate of drug-likeness (QED) is 0.844. The smallest absolute Gasteiger partial charge is 0.256 e. The standard InChI is InChI=1S/C11H14ClNO2/c1-7-3-2-4-9(7)13-11(14)8-5-6-15-10(8)12/h5-7,9H,2-4H2,1H3,(H,13,14). The van der Waals surface area contributed by atoms with Gasteiger partial charge in [-0.3, -0.25) is 4.79 Å². The van der Waals surface area contributed by atoms with E-state index < -0.39 is 0 Å². The number of nitrogens with one attached hydrogen (secondary N) is 1. The van der Waals surface area contributed by atoms with Crippen LogP contribution in [0.1, 0.15) is 36.5 Å². The van der Waals surface area contributed by atoms with Crippen LogP contribution in [-0.2, 0) is 0 Å². The highest BCUT2D eigenvalue weighted by atomic mass is 35.5. The third-order valence-corrected chi connectivity index (χ3v) is 3.33. The molecular formula is C11H14ClNO2. The molecule has 1 heterocycles. The molecule has 82 valence electrons. The molecular weight excluding hydrogens is 214 g/mol. The molecule has 0 aromatic carbocycles. The average molecular weight is 228 g/mol. The Kier molecular flexibility index (Phi) is 3.00. The molecule has 2 unspecified atom stereocenters. The van der Waals surface area contributed by atoms with E-state index in [4.69, 9.17) is 16.0 Å². The van der Waals surface area contributed by atoms with E-state index in [1.807, 2.05) is 0 Å². The van der Waals surface area contributed by atoms with Gasteiger partial charge in [0.05, 0.1) is 11.8 Å². The SMILES string of the molecule is CC1CCCC1NC(=O)c1ccoc1Cl. The summed E-state index contributed by atoms with van der Waals surface area (Å²) in [5.74, 6) is 0.423. The molecule has 15 heavy (non-hydrogen) atoms. The van der Waals surface area contributed by atoms with Crippen molar-refractivity contribution >= 4 is 17.5 Å². The van der Waals surface area contributed by atoms with Crippen LogP contribution in [0.25, 0.3) is 0 Å².